The van der Waals surface area contributed by atoms with E-state index in [9.17, 15) is 4.79 Å². The van der Waals surface area contributed by atoms with E-state index in [4.69, 9.17) is 4.99 Å². The second-order valence-corrected chi connectivity index (χ2v) is 8.19. The van der Waals surface area contributed by atoms with Crippen LogP contribution in [0.1, 0.15) is 31.4 Å². The fraction of sp³-hybridized carbons (Fsp3) is 0.250. The minimum Gasteiger partial charge on any atom is -0.347 e. The number of amides is 1. The zero-order chi connectivity index (χ0) is 20.4. The van der Waals surface area contributed by atoms with Gasteiger partial charge in [0.15, 0.2) is 5.17 Å². The van der Waals surface area contributed by atoms with Crippen molar-refractivity contribution in [3.05, 3.63) is 70.8 Å². The molecule has 0 N–H and O–H groups in total. The molecular formula is C24H25N3OS. The highest BCUT2D eigenvalue weighted by Crippen LogP contribution is 2.35. The average Bonchev–Trinajstić information content (AvgIpc) is 3.23. The standard InChI is InChI=1S/C24H25N3OS/c1-4-14-27-23(28)22(29-24(27)25-19-12-10-17(3)11-13-19)15-18-16-26(5-2)21-9-7-6-8-20(18)21/h6-13,15-16H,4-5,14H2,1-3H3/b22-15+,25-24?. The van der Waals surface area contributed by atoms with Crippen LogP contribution >= 0.6 is 11.8 Å². The van der Waals surface area contributed by atoms with Gasteiger partial charge in [0.1, 0.15) is 0 Å². The lowest BCUT2D eigenvalue weighted by molar-refractivity contribution is -0.122. The smallest absolute Gasteiger partial charge is 0.266 e. The van der Waals surface area contributed by atoms with Crippen LogP contribution in [-0.2, 0) is 11.3 Å². The summed E-state index contributed by atoms with van der Waals surface area (Å²) in [7, 11) is 0. The Morgan fingerprint density at radius 3 is 2.55 bits per heavy atom. The van der Waals surface area contributed by atoms with Gasteiger partial charge < -0.3 is 4.57 Å². The number of carbonyl (C=O) groups excluding carboxylic acids is 1. The fourth-order valence-corrected chi connectivity index (χ4v) is 4.55. The van der Waals surface area contributed by atoms with Crippen molar-refractivity contribution in [2.24, 2.45) is 4.99 Å². The van der Waals surface area contributed by atoms with E-state index in [-0.39, 0.29) is 5.91 Å². The monoisotopic (exact) mass is 403 g/mol. The first-order valence-corrected chi connectivity index (χ1v) is 10.9. The van der Waals surface area contributed by atoms with Crippen molar-refractivity contribution in [2.45, 2.75) is 33.7 Å². The van der Waals surface area contributed by atoms with Crippen LogP contribution in [0.4, 0.5) is 5.69 Å². The van der Waals surface area contributed by atoms with Gasteiger partial charge in [-0.25, -0.2) is 4.99 Å². The number of benzene rings is 2. The quantitative estimate of drug-likeness (QED) is 0.491. The molecule has 2 aromatic carbocycles. The van der Waals surface area contributed by atoms with Gasteiger partial charge in [0.2, 0.25) is 0 Å². The molecule has 0 bridgehead atoms. The molecule has 1 amide bonds. The van der Waals surface area contributed by atoms with Crippen LogP contribution in [0.15, 0.2) is 64.6 Å². The number of hydrogen-bond acceptors (Lipinski definition) is 3. The van der Waals surface area contributed by atoms with Crippen molar-refractivity contribution in [1.82, 2.24) is 9.47 Å². The third-order valence-electron chi connectivity index (χ3n) is 5.04. The molecule has 0 aliphatic carbocycles. The molecule has 4 rings (SSSR count). The largest absolute Gasteiger partial charge is 0.347 e. The summed E-state index contributed by atoms with van der Waals surface area (Å²) < 4.78 is 2.22. The van der Waals surface area contributed by atoms with E-state index >= 15 is 0 Å². The number of aliphatic imine (C=N–C) groups is 1. The molecule has 1 aromatic heterocycles. The summed E-state index contributed by atoms with van der Waals surface area (Å²) in [5, 5.41) is 1.92. The Kier molecular flexibility index (Phi) is 5.58. The van der Waals surface area contributed by atoms with Crippen LogP contribution in [0.25, 0.3) is 17.0 Å². The second-order valence-electron chi connectivity index (χ2n) is 7.18. The summed E-state index contributed by atoms with van der Waals surface area (Å²) in [5.41, 5.74) is 4.33. The predicted molar refractivity (Wildman–Crippen MR) is 123 cm³/mol. The predicted octanol–water partition coefficient (Wildman–Crippen LogP) is 5.98. The SMILES string of the molecule is CCCN1C(=O)/C(=C\c2cn(CC)c3ccccc23)SC1=Nc1ccc(C)cc1. The Hall–Kier alpha value is -2.79. The maximum absolute atomic E-state index is 13.1. The van der Waals surface area contributed by atoms with E-state index in [0.717, 1.165) is 34.3 Å². The number of para-hydroxylation sites is 1. The van der Waals surface area contributed by atoms with Gasteiger partial charge in [0.05, 0.1) is 10.6 Å². The van der Waals surface area contributed by atoms with Crippen LogP contribution in [0.5, 0.6) is 0 Å². The van der Waals surface area contributed by atoms with Gasteiger partial charge in [-0.2, -0.15) is 0 Å². The summed E-state index contributed by atoms with van der Waals surface area (Å²) in [5.74, 6) is 0.0380. The number of nitrogens with zero attached hydrogens (tertiary/aromatic N) is 3. The van der Waals surface area contributed by atoms with Gasteiger partial charge in [0, 0.05) is 35.8 Å². The molecule has 0 atom stereocenters. The molecule has 2 heterocycles. The van der Waals surface area contributed by atoms with Crippen molar-refractivity contribution in [1.29, 1.82) is 0 Å². The van der Waals surface area contributed by atoms with Gasteiger partial charge in [-0.1, -0.05) is 42.8 Å². The van der Waals surface area contributed by atoms with Crippen LogP contribution in [0, 0.1) is 6.92 Å². The zero-order valence-corrected chi connectivity index (χ0v) is 17.9. The van der Waals surface area contributed by atoms with Gasteiger partial charge in [-0.15, -0.1) is 0 Å². The molecule has 5 heteroatoms. The molecule has 148 valence electrons. The third kappa shape index (κ3) is 3.87. The van der Waals surface area contributed by atoms with E-state index < -0.39 is 0 Å². The lowest BCUT2D eigenvalue weighted by atomic mass is 10.1. The third-order valence-corrected chi connectivity index (χ3v) is 6.05. The maximum atomic E-state index is 13.1. The first-order valence-electron chi connectivity index (χ1n) is 10.1. The van der Waals surface area contributed by atoms with Crippen molar-refractivity contribution in [3.8, 4) is 0 Å². The minimum atomic E-state index is 0.0380. The molecule has 1 aliphatic heterocycles. The van der Waals surface area contributed by atoms with E-state index in [1.807, 2.05) is 36.4 Å². The Balaban J connectivity index is 1.73. The molecule has 3 aromatic rings. The molecule has 0 spiro atoms. The Labute approximate surface area is 175 Å². The summed E-state index contributed by atoms with van der Waals surface area (Å²) >= 11 is 1.46. The highest BCUT2D eigenvalue weighted by Gasteiger charge is 2.33. The number of fused-ring (bicyclic) bond motifs is 1. The number of thioether (sulfide) groups is 1. The normalized spacial score (nSPS) is 17.2. The Morgan fingerprint density at radius 2 is 1.83 bits per heavy atom. The van der Waals surface area contributed by atoms with Crippen LogP contribution in [0.3, 0.4) is 0 Å². The van der Waals surface area contributed by atoms with E-state index in [2.05, 4.69) is 49.7 Å². The second kappa shape index (κ2) is 8.29. The molecule has 0 unspecified atom stereocenters. The van der Waals surface area contributed by atoms with Crippen molar-refractivity contribution < 1.29 is 4.79 Å². The molecule has 29 heavy (non-hydrogen) atoms. The zero-order valence-electron chi connectivity index (χ0n) is 17.1. The molecule has 1 saturated heterocycles. The molecule has 1 fully saturated rings. The summed E-state index contributed by atoms with van der Waals surface area (Å²) in [4.78, 5) is 20.4. The average molecular weight is 404 g/mol. The number of aromatic nitrogens is 1. The van der Waals surface area contributed by atoms with Gasteiger partial charge in [0.25, 0.3) is 5.91 Å². The van der Waals surface area contributed by atoms with Crippen LogP contribution in [-0.4, -0.2) is 27.1 Å². The molecule has 1 aliphatic rings. The molecule has 0 radical (unpaired) electrons. The highest BCUT2D eigenvalue weighted by atomic mass is 32.2. The number of carbonyl (C=O) groups is 1. The number of hydrogen-bond donors (Lipinski definition) is 0. The topological polar surface area (TPSA) is 37.6 Å². The summed E-state index contributed by atoms with van der Waals surface area (Å²) in [6.45, 7) is 7.84. The first kappa shape index (κ1) is 19.5. The molecule has 0 saturated carbocycles. The van der Waals surface area contributed by atoms with Crippen molar-refractivity contribution >= 4 is 45.5 Å². The number of amidine groups is 1. The van der Waals surface area contributed by atoms with Crippen LogP contribution < -0.4 is 0 Å². The van der Waals surface area contributed by atoms with Crippen LogP contribution in [0.2, 0.25) is 0 Å². The van der Waals surface area contributed by atoms with E-state index in [1.54, 1.807) is 4.90 Å². The molecule has 4 nitrogen and oxygen atoms in total. The number of rotatable bonds is 5. The first-order chi connectivity index (χ1) is 14.1. The maximum Gasteiger partial charge on any atom is 0.266 e. The summed E-state index contributed by atoms with van der Waals surface area (Å²) in [6, 6.07) is 16.4. The van der Waals surface area contributed by atoms with Crippen molar-refractivity contribution in [3.63, 3.8) is 0 Å². The Bertz CT molecular complexity index is 1110. The highest BCUT2D eigenvalue weighted by molar-refractivity contribution is 8.18. The summed E-state index contributed by atoms with van der Waals surface area (Å²) in [6.07, 6.45) is 5.04. The minimum absolute atomic E-state index is 0.0380. The van der Waals surface area contributed by atoms with E-state index in [0.29, 0.717) is 6.54 Å². The Morgan fingerprint density at radius 1 is 1.07 bits per heavy atom. The lowest BCUT2D eigenvalue weighted by Crippen LogP contribution is -2.29. The van der Waals surface area contributed by atoms with Gasteiger partial charge in [-0.3, -0.25) is 9.69 Å². The fourth-order valence-electron chi connectivity index (χ4n) is 3.53. The van der Waals surface area contributed by atoms with Crippen molar-refractivity contribution in [2.75, 3.05) is 6.54 Å². The number of aryl methyl sites for hydroxylation is 2. The van der Waals surface area contributed by atoms with E-state index in [1.165, 1.54) is 28.2 Å². The molecular weight excluding hydrogens is 378 g/mol. The lowest BCUT2D eigenvalue weighted by Gasteiger charge is -2.13. The van der Waals surface area contributed by atoms with Gasteiger partial charge >= 0.3 is 0 Å². The van der Waals surface area contributed by atoms with Gasteiger partial charge in [-0.05, 0) is 56.3 Å².